The van der Waals surface area contributed by atoms with Crippen LogP contribution in [0.3, 0.4) is 0 Å². The van der Waals surface area contributed by atoms with Crippen LogP contribution < -0.4 is 10.2 Å². The molecule has 5 rings (SSSR count). The predicted octanol–water partition coefficient (Wildman–Crippen LogP) is 4.59. The molecule has 2 aliphatic rings. The molecule has 34 heavy (non-hydrogen) atoms. The van der Waals surface area contributed by atoms with E-state index >= 15 is 0 Å². The number of aryl methyl sites for hydroxylation is 3. The van der Waals surface area contributed by atoms with E-state index in [0.717, 1.165) is 71.1 Å². The molecule has 1 N–H and O–H groups in total. The Balaban J connectivity index is 1.35. The molecule has 0 saturated carbocycles. The van der Waals surface area contributed by atoms with E-state index in [4.69, 9.17) is 0 Å². The predicted molar refractivity (Wildman–Crippen MR) is 133 cm³/mol. The van der Waals surface area contributed by atoms with Crippen LogP contribution in [0.15, 0.2) is 36.4 Å². The lowest BCUT2D eigenvalue weighted by molar-refractivity contribution is -0.122. The van der Waals surface area contributed by atoms with E-state index in [0.29, 0.717) is 6.54 Å². The molecule has 3 heterocycles. The Kier molecular flexibility index (Phi) is 5.94. The van der Waals surface area contributed by atoms with Crippen molar-refractivity contribution in [2.24, 2.45) is 5.92 Å². The summed E-state index contributed by atoms with van der Waals surface area (Å²) in [5, 5.41) is 12.0. The van der Waals surface area contributed by atoms with Gasteiger partial charge < -0.3 is 14.8 Å². The molecule has 3 aromatic rings. The lowest BCUT2D eigenvalue weighted by Gasteiger charge is -2.20. The van der Waals surface area contributed by atoms with Gasteiger partial charge in [-0.05, 0) is 62.4 Å². The second-order valence-electron chi connectivity index (χ2n) is 9.55. The zero-order chi connectivity index (χ0) is 23.8. The van der Waals surface area contributed by atoms with Crippen LogP contribution in [0.5, 0.6) is 0 Å². The van der Waals surface area contributed by atoms with Crippen molar-refractivity contribution < 1.29 is 9.59 Å². The maximum absolute atomic E-state index is 13.2. The third kappa shape index (κ3) is 4.11. The van der Waals surface area contributed by atoms with E-state index in [1.54, 1.807) is 4.90 Å². The molecule has 2 aliphatic heterocycles. The summed E-state index contributed by atoms with van der Waals surface area (Å²) in [5.74, 6) is 1.37. The van der Waals surface area contributed by atoms with E-state index < -0.39 is 0 Å². The minimum Gasteiger partial charge on any atom is -0.326 e. The highest BCUT2D eigenvalue weighted by Gasteiger charge is 2.36. The molecule has 1 unspecified atom stereocenters. The molecule has 176 valence electrons. The quantitative estimate of drug-likeness (QED) is 0.622. The van der Waals surface area contributed by atoms with E-state index in [1.165, 1.54) is 6.42 Å². The first-order chi connectivity index (χ1) is 16.4. The third-order valence-electron chi connectivity index (χ3n) is 7.23. The van der Waals surface area contributed by atoms with Crippen molar-refractivity contribution in [1.82, 2.24) is 14.8 Å². The van der Waals surface area contributed by atoms with Crippen molar-refractivity contribution in [3.05, 3.63) is 58.9 Å². The molecule has 1 fully saturated rings. The fourth-order valence-electron chi connectivity index (χ4n) is 4.97. The number of nitrogens with one attached hydrogen (secondary N) is 1. The maximum Gasteiger partial charge on any atom is 0.229 e. The van der Waals surface area contributed by atoms with Gasteiger partial charge in [0.1, 0.15) is 5.82 Å². The van der Waals surface area contributed by atoms with Crippen molar-refractivity contribution in [2.45, 2.75) is 59.4 Å². The summed E-state index contributed by atoms with van der Waals surface area (Å²) in [6.07, 6.45) is 4.65. The Morgan fingerprint density at radius 3 is 2.74 bits per heavy atom. The van der Waals surface area contributed by atoms with Gasteiger partial charge in [0.25, 0.3) is 0 Å². The maximum atomic E-state index is 13.2. The van der Waals surface area contributed by atoms with Crippen LogP contribution in [0, 0.1) is 26.7 Å². The summed E-state index contributed by atoms with van der Waals surface area (Å²) in [6.45, 7) is 7.35. The molecule has 7 nitrogen and oxygen atoms in total. The third-order valence-corrected chi connectivity index (χ3v) is 7.23. The van der Waals surface area contributed by atoms with Crippen LogP contribution in [-0.4, -0.2) is 33.1 Å². The van der Waals surface area contributed by atoms with Crippen molar-refractivity contribution >= 4 is 23.2 Å². The van der Waals surface area contributed by atoms with Gasteiger partial charge in [0.2, 0.25) is 11.8 Å². The first-order valence-electron chi connectivity index (χ1n) is 12.1. The number of hydrogen-bond donors (Lipinski definition) is 1. The minimum absolute atomic E-state index is 0.00882. The summed E-state index contributed by atoms with van der Waals surface area (Å²) in [6, 6.07) is 12.0. The van der Waals surface area contributed by atoms with Crippen LogP contribution >= 0.6 is 0 Å². The molecule has 7 heteroatoms. The molecule has 1 atom stereocenters. The number of hydrogen-bond acceptors (Lipinski definition) is 4. The van der Waals surface area contributed by atoms with Crippen LogP contribution in [0.4, 0.5) is 11.4 Å². The molecular formula is C27H31N5O2. The van der Waals surface area contributed by atoms with E-state index in [2.05, 4.69) is 20.1 Å². The summed E-state index contributed by atoms with van der Waals surface area (Å²) in [5.41, 5.74) is 5.78. The van der Waals surface area contributed by atoms with E-state index in [9.17, 15) is 9.59 Å². The molecule has 0 radical (unpaired) electrons. The molecule has 2 amide bonds. The smallest absolute Gasteiger partial charge is 0.229 e. The van der Waals surface area contributed by atoms with Crippen molar-refractivity contribution in [2.75, 3.05) is 16.8 Å². The van der Waals surface area contributed by atoms with Crippen LogP contribution in [0.1, 0.15) is 48.2 Å². The lowest BCUT2D eigenvalue weighted by Crippen LogP contribution is -2.28. The fourth-order valence-corrected chi connectivity index (χ4v) is 4.97. The zero-order valence-corrected chi connectivity index (χ0v) is 20.1. The number of fused-ring (bicyclic) bond motifs is 1. The molecule has 0 bridgehead atoms. The van der Waals surface area contributed by atoms with Gasteiger partial charge >= 0.3 is 0 Å². The van der Waals surface area contributed by atoms with Gasteiger partial charge in [-0.15, -0.1) is 10.2 Å². The van der Waals surface area contributed by atoms with Crippen molar-refractivity contribution in [1.29, 1.82) is 0 Å². The number of aromatic nitrogens is 3. The van der Waals surface area contributed by atoms with Crippen molar-refractivity contribution in [3.63, 3.8) is 0 Å². The highest BCUT2D eigenvalue weighted by molar-refractivity contribution is 6.04. The first-order valence-corrected chi connectivity index (χ1v) is 12.1. The Labute approximate surface area is 200 Å². The summed E-state index contributed by atoms with van der Waals surface area (Å²) in [4.78, 5) is 27.7. The van der Waals surface area contributed by atoms with Gasteiger partial charge in [0.15, 0.2) is 5.82 Å². The first kappa shape index (κ1) is 22.3. The van der Waals surface area contributed by atoms with Crippen LogP contribution in [-0.2, 0) is 22.6 Å². The molecule has 1 saturated heterocycles. The SMILES string of the molecule is Cc1ccc(-c2nnc3n2CCCCC3)cc1NC(=O)C1CC(=O)N(c2cccc(C)c2C)C1. The Morgan fingerprint density at radius 1 is 1.03 bits per heavy atom. The molecule has 0 spiro atoms. The molecule has 1 aromatic heterocycles. The molecular weight excluding hydrogens is 426 g/mol. The molecule has 2 aromatic carbocycles. The zero-order valence-electron chi connectivity index (χ0n) is 20.1. The van der Waals surface area contributed by atoms with Gasteiger partial charge in [-0.25, -0.2) is 0 Å². The Morgan fingerprint density at radius 2 is 1.88 bits per heavy atom. The fraction of sp³-hybridized carbons (Fsp3) is 0.407. The topological polar surface area (TPSA) is 80.1 Å². The highest BCUT2D eigenvalue weighted by atomic mass is 16.2. The Hall–Kier alpha value is -3.48. The average molecular weight is 458 g/mol. The summed E-state index contributed by atoms with van der Waals surface area (Å²) in [7, 11) is 0. The van der Waals surface area contributed by atoms with E-state index in [-0.39, 0.29) is 24.2 Å². The number of amides is 2. The van der Waals surface area contributed by atoms with Crippen LogP contribution in [0.25, 0.3) is 11.4 Å². The minimum atomic E-state index is -0.389. The largest absolute Gasteiger partial charge is 0.326 e. The number of rotatable bonds is 4. The summed E-state index contributed by atoms with van der Waals surface area (Å²) < 4.78 is 2.21. The van der Waals surface area contributed by atoms with Gasteiger partial charge in [-0.3, -0.25) is 9.59 Å². The standard InChI is InChI=1S/C27H31N5O2/c1-17-8-7-9-23(19(17)3)32-16-21(15-25(32)33)27(34)28-22-14-20(12-11-18(22)2)26-30-29-24-10-5-4-6-13-31(24)26/h7-9,11-12,14,21H,4-6,10,13,15-16H2,1-3H3,(H,28,34). The second kappa shape index (κ2) is 9.05. The van der Waals surface area contributed by atoms with Crippen LogP contribution in [0.2, 0.25) is 0 Å². The van der Waals surface area contributed by atoms with Gasteiger partial charge in [0, 0.05) is 42.9 Å². The number of nitrogens with zero attached hydrogens (tertiary/aromatic N) is 4. The number of benzene rings is 2. The molecule has 0 aliphatic carbocycles. The average Bonchev–Trinajstić information content (AvgIpc) is 3.32. The summed E-state index contributed by atoms with van der Waals surface area (Å²) >= 11 is 0. The van der Waals surface area contributed by atoms with Gasteiger partial charge in [-0.2, -0.15) is 0 Å². The monoisotopic (exact) mass is 457 g/mol. The second-order valence-corrected chi connectivity index (χ2v) is 9.55. The normalized spacial score (nSPS) is 18.0. The van der Waals surface area contributed by atoms with E-state index in [1.807, 2.05) is 57.2 Å². The highest BCUT2D eigenvalue weighted by Crippen LogP contribution is 2.31. The number of carbonyl (C=O) groups is 2. The van der Waals surface area contributed by atoms with Gasteiger partial charge in [0.05, 0.1) is 5.92 Å². The van der Waals surface area contributed by atoms with Crippen molar-refractivity contribution in [3.8, 4) is 11.4 Å². The number of anilines is 2. The Bertz CT molecular complexity index is 1260. The van der Waals surface area contributed by atoms with Gasteiger partial charge in [-0.1, -0.05) is 30.7 Å². The lowest BCUT2D eigenvalue weighted by atomic mass is 10.1. The number of carbonyl (C=O) groups excluding carboxylic acids is 2.